The van der Waals surface area contributed by atoms with Gasteiger partial charge in [0.25, 0.3) is 0 Å². The Morgan fingerprint density at radius 3 is 2.58 bits per heavy atom. The van der Waals surface area contributed by atoms with Crippen LogP contribution in [0.3, 0.4) is 0 Å². The minimum absolute atomic E-state index is 0.262. The Morgan fingerprint density at radius 1 is 1.21 bits per heavy atom. The third kappa shape index (κ3) is 4.45. The maximum absolute atomic E-state index is 12.1. The summed E-state index contributed by atoms with van der Waals surface area (Å²) in [6, 6.07) is 10.1. The normalized spacial score (nSPS) is 15.4. The highest BCUT2D eigenvalue weighted by molar-refractivity contribution is 7.89. The summed E-state index contributed by atoms with van der Waals surface area (Å²) in [5.74, 6) is 0.609. The van der Waals surface area contributed by atoms with Gasteiger partial charge in [-0.2, -0.15) is 5.10 Å². The fraction of sp³-hybridized carbons (Fsp3) is 0.500. The van der Waals surface area contributed by atoms with Gasteiger partial charge in [0.2, 0.25) is 10.0 Å². The number of aryl methyl sites for hydroxylation is 2. The third-order valence-electron chi connectivity index (χ3n) is 4.60. The minimum Gasteiger partial charge on any atom is -0.265 e. The van der Waals surface area contributed by atoms with Crippen LogP contribution in [0.25, 0.3) is 0 Å². The lowest BCUT2D eigenvalue weighted by Crippen LogP contribution is -2.31. The predicted molar refractivity (Wildman–Crippen MR) is 95.2 cm³/mol. The third-order valence-corrected chi connectivity index (χ3v) is 6.10. The molecular weight excluding hydrogens is 322 g/mol. The first kappa shape index (κ1) is 17.2. The lowest BCUT2D eigenvalue weighted by molar-refractivity contribution is 0.346. The van der Waals surface area contributed by atoms with Crippen LogP contribution in [0.1, 0.15) is 41.8 Å². The number of nitrogens with zero attached hydrogens (tertiary/aromatic N) is 2. The molecule has 0 bridgehead atoms. The first-order valence-corrected chi connectivity index (χ1v) is 10.1. The van der Waals surface area contributed by atoms with Gasteiger partial charge in [-0.25, -0.2) is 13.1 Å². The molecule has 0 unspecified atom stereocenters. The van der Waals surface area contributed by atoms with Crippen molar-refractivity contribution in [2.24, 2.45) is 5.92 Å². The van der Waals surface area contributed by atoms with Crippen LogP contribution in [0.5, 0.6) is 0 Å². The van der Waals surface area contributed by atoms with Gasteiger partial charge in [0.15, 0.2) is 0 Å². The molecule has 0 saturated heterocycles. The Bertz CT molecular complexity index is 807. The fourth-order valence-electron chi connectivity index (χ4n) is 3.07. The molecule has 0 aliphatic heterocycles. The fourth-order valence-corrected chi connectivity index (χ4v) is 4.53. The first-order chi connectivity index (χ1) is 11.4. The van der Waals surface area contributed by atoms with Crippen molar-refractivity contribution in [1.82, 2.24) is 14.5 Å². The number of nitrogens with one attached hydrogen (secondary N) is 1. The second-order valence-electron chi connectivity index (χ2n) is 6.80. The van der Waals surface area contributed by atoms with Gasteiger partial charge in [0, 0.05) is 12.2 Å². The summed E-state index contributed by atoms with van der Waals surface area (Å²) in [6.45, 7) is 5.07. The molecule has 0 atom stereocenters. The lowest BCUT2D eigenvalue weighted by Gasteiger charge is -2.24. The molecule has 0 spiro atoms. The van der Waals surface area contributed by atoms with Crippen molar-refractivity contribution in [2.75, 3.05) is 5.75 Å². The molecule has 2 aromatic rings. The Labute approximate surface area is 144 Å². The van der Waals surface area contributed by atoms with Crippen molar-refractivity contribution in [3.8, 4) is 0 Å². The SMILES string of the molecule is Cc1cc(C)n(Cc2cccc(CNS(=O)(=O)CC3CCC3)c2)n1. The standard InChI is InChI=1S/C18H25N3O2S/c1-14-9-15(2)21(20-14)12-18-8-4-7-17(10-18)11-19-24(22,23)13-16-5-3-6-16/h4,7-10,16,19H,3,5-6,11-13H2,1-2H3. The van der Waals surface area contributed by atoms with Gasteiger partial charge in [-0.05, 0) is 49.8 Å². The van der Waals surface area contributed by atoms with E-state index in [0.717, 1.165) is 41.8 Å². The van der Waals surface area contributed by atoms with Crippen molar-refractivity contribution in [3.63, 3.8) is 0 Å². The topological polar surface area (TPSA) is 64.0 Å². The highest BCUT2D eigenvalue weighted by Crippen LogP contribution is 2.27. The maximum atomic E-state index is 12.1. The maximum Gasteiger partial charge on any atom is 0.212 e. The Hall–Kier alpha value is -1.66. The van der Waals surface area contributed by atoms with Crippen molar-refractivity contribution < 1.29 is 8.42 Å². The minimum atomic E-state index is -3.18. The molecular formula is C18H25N3O2S. The van der Waals surface area contributed by atoms with Gasteiger partial charge in [-0.3, -0.25) is 4.68 Å². The van der Waals surface area contributed by atoms with E-state index in [-0.39, 0.29) is 5.75 Å². The second kappa shape index (κ2) is 7.07. The van der Waals surface area contributed by atoms with Crippen LogP contribution in [0.15, 0.2) is 30.3 Å². The molecule has 0 amide bonds. The molecule has 1 fully saturated rings. The molecule has 1 heterocycles. The van der Waals surface area contributed by atoms with Crippen LogP contribution < -0.4 is 4.72 Å². The van der Waals surface area contributed by atoms with Crippen molar-refractivity contribution in [3.05, 3.63) is 52.8 Å². The van der Waals surface area contributed by atoms with E-state index in [1.807, 2.05) is 42.8 Å². The lowest BCUT2D eigenvalue weighted by atomic mass is 9.87. The van der Waals surface area contributed by atoms with Crippen LogP contribution in [0, 0.1) is 19.8 Å². The zero-order chi connectivity index (χ0) is 17.2. The average molecular weight is 347 g/mol. The molecule has 1 aliphatic carbocycles. The number of rotatable bonds is 7. The van der Waals surface area contributed by atoms with Gasteiger partial charge in [-0.1, -0.05) is 30.7 Å². The monoisotopic (exact) mass is 347 g/mol. The quantitative estimate of drug-likeness (QED) is 0.838. The Morgan fingerprint density at radius 2 is 1.96 bits per heavy atom. The Kier molecular flexibility index (Phi) is 5.06. The number of aromatic nitrogens is 2. The molecule has 1 N–H and O–H groups in total. The summed E-state index contributed by atoms with van der Waals surface area (Å²) in [6.07, 6.45) is 3.24. The number of sulfonamides is 1. The van der Waals surface area contributed by atoms with Gasteiger partial charge in [0.1, 0.15) is 0 Å². The Balaban J connectivity index is 1.61. The second-order valence-corrected chi connectivity index (χ2v) is 8.66. The molecule has 6 heteroatoms. The highest BCUT2D eigenvalue weighted by Gasteiger charge is 2.24. The molecule has 5 nitrogen and oxygen atoms in total. The predicted octanol–water partition coefficient (Wildman–Crippen LogP) is 2.77. The molecule has 1 saturated carbocycles. The van der Waals surface area contributed by atoms with Crippen LogP contribution in [0.4, 0.5) is 0 Å². The molecule has 1 aromatic heterocycles. The van der Waals surface area contributed by atoms with E-state index in [0.29, 0.717) is 19.0 Å². The average Bonchev–Trinajstić information content (AvgIpc) is 2.80. The van der Waals surface area contributed by atoms with E-state index in [4.69, 9.17) is 0 Å². The van der Waals surface area contributed by atoms with Gasteiger partial charge in [0.05, 0.1) is 18.0 Å². The van der Waals surface area contributed by atoms with E-state index >= 15 is 0 Å². The number of hydrogen-bond acceptors (Lipinski definition) is 3. The number of hydrogen-bond donors (Lipinski definition) is 1. The molecule has 1 aromatic carbocycles. The van der Waals surface area contributed by atoms with Crippen molar-refractivity contribution >= 4 is 10.0 Å². The van der Waals surface area contributed by atoms with Crippen LogP contribution >= 0.6 is 0 Å². The van der Waals surface area contributed by atoms with Crippen LogP contribution in [0.2, 0.25) is 0 Å². The highest BCUT2D eigenvalue weighted by atomic mass is 32.2. The van der Waals surface area contributed by atoms with Crippen molar-refractivity contribution in [2.45, 2.75) is 46.2 Å². The number of benzene rings is 1. The van der Waals surface area contributed by atoms with E-state index in [1.165, 1.54) is 0 Å². The van der Waals surface area contributed by atoms with Gasteiger partial charge >= 0.3 is 0 Å². The summed E-state index contributed by atoms with van der Waals surface area (Å²) >= 11 is 0. The summed E-state index contributed by atoms with van der Waals surface area (Å²) < 4.78 is 28.9. The molecule has 1 aliphatic rings. The van der Waals surface area contributed by atoms with Crippen LogP contribution in [-0.4, -0.2) is 24.0 Å². The van der Waals surface area contributed by atoms with E-state index < -0.39 is 10.0 Å². The van der Waals surface area contributed by atoms with Gasteiger partial charge < -0.3 is 0 Å². The summed E-state index contributed by atoms with van der Waals surface area (Å²) in [5.41, 5.74) is 4.23. The zero-order valence-electron chi connectivity index (χ0n) is 14.3. The summed E-state index contributed by atoms with van der Waals surface area (Å²) in [7, 11) is -3.18. The molecule has 130 valence electrons. The van der Waals surface area contributed by atoms with E-state index in [1.54, 1.807) is 0 Å². The van der Waals surface area contributed by atoms with E-state index in [2.05, 4.69) is 15.9 Å². The zero-order valence-corrected chi connectivity index (χ0v) is 15.1. The summed E-state index contributed by atoms with van der Waals surface area (Å²) in [5, 5.41) is 4.47. The first-order valence-electron chi connectivity index (χ1n) is 8.47. The molecule has 0 radical (unpaired) electrons. The van der Waals surface area contributed by atoms with Crippen LogP contribution in [-0.2, 0) is 23.1 Å². The summed E-state index contributed by atoms with van der Waals surface area (Å²) in [4.78, 5) is 0. The van der Waals surface area contributed by atoms with Gasteiger partial charge in [-0.15, -0.1) is 0 Å². The molecule has 24 heavy (non-hydrogen) atoms. The molecule has 3 rings (SSSR count). The largest absolute Gasteiger partial charge is 0.265 e. The smallest absolute Gasteiger partial charge is 0.212 e. The van der Waals surface area contributed by atoms with E-state index in [9.17, 15) is 8.42 Å². The van der Waals surface area contributed by atoms with Crippen molar-refractivity contribution in [1.29, 1.82) is 0 Å².